The number of rotatable bonds is 6. The van der Waals surface area contributed by atoms with Gasteiger partial charge >= 0.3 is 12.1 Å². The van der Waals surface area contributed by atoms with Gasteiger partial charge in [-0.05, 0) is 26.0 Å². The van der Waals surface area contributed by atoms with Gasteiger partial charge in [-0.1, -0.05) is 6.07 Å². The number of nitrogens with two attached hydrogens (primary N) is 1. The van der Waals surface area contributed by atoms with E-state index in [9.17, 15) is 9.59 Å². The van der Waals surface area contributed by atoms with Crippen LogP contribution in [-0.4, -0.2) is 34.3 Å². The molecule has 1 heterocycles. The van der Waals surface area contributed by atoms with Crippen molar-refractivity contribution in [3.63, 3.8) is 0 Å². The summed E-state index contributed by atoms with van der Waals surface area (Å²) >= 11 is 0. The number of carboxylic acids is 1. The molecule has 0 saturated carbocycles. The Balaban J connectivity index is 2.59. The Morgan fingerprint density at radius 2 is 2.05 bits per heavy atom. The molecule has 0 radical (unpaired) electrons. The molecular weight excluding hydrogens is 262 g/mol. The van der Waals surface area contributed by atoms with Crippen LogP contribution >= 0.6 is 0 Å². The van der Waals surface area contributed by atoms with Crippen molar-refractivity contribution in [2.24, 2.45) is 5.73 Å². The van der Waals surface area contributed by atoms with Crippen molar-refractivity contribution in [1.82, 2.24) is 10.3 Å². The lowest BCUT2D eigenvalue weighted by Gasteiger charge is -2.24. The van der Waals surface area contributed by atoms with Gasteiger partial charge in [0, 0.05) is 18.7 Å². The highest BCUT2D eigenvalue weighted by Crippen LogP contribution is 2.16. The quantitative estimate of drug-likeness (QED) is 0.706. The number of nitrogens with zero attached hydrogens (tertiary/aromatic N) is 1. The minimum atomic E-state index is -1.13. The molecule has 4 N–H and O–H groups in total. The minimum absolute atomic E-state index is 0.341. The van der Waals surface area contributed by atoms with Crippen LogP contribution in [0.15, 0.2) is 18.2 Å². The summed E-state index contributed by atoms with van der Waals surface area (Å²) < 4.78 is 5.18. The first-order chi connectivity index (χ1) is 9.32. The van der Waals surface area contributed by atoms with Crippen LogP contribution < -0.4 is 11.1 Å². The number of aromatic nitrogens is 1. The monoisotopic (exact) mass is 281 g/mol. The number of hydrogen-bond acceptors (Lipinski definition) is 5. The van der Waals surface area contributed by atoms with Gasteiger partial charge in [-0.15, -0.1) is 0 Å². The lowest BCUT2D eigenvalue weighted by Crippen LogP contribution is -2.38. The molecular formula is C13H19N3O4. The van der Waals surface area contributed by atoms with Crippen LogP contribution in [0.2, 0.25) is 0 Å². The highest BCUT2D eigenvalue weighted by atomic mass is 16.6. The molecule has 0 bridgehead atoms. The van der Waals surface area contributed by atoms with Crippen molar-refractivity contribution in [2.45, 2.75) is 32.4 Å². The molecule has 1 rings (SSSR count). The largest absolute Gasteiger partial charge is 0.480 e. The SMILES string of the molecule is CC(C)(Cc1cccc(CN)n1)OC(=O)NCC(=O)O. The molecule has 0 fully saturated rings. The third-order valence-electron chi connectivity index (χ3n) is 2.43. The molecule has 0 unspecified atom stereocenters. The Bertz CT molecular complexity index is 488. The summed E-state index contributed by atoms with van der Waals surface area (Å²) in [6.45, 7) is 3.32. The first-order valence-electron chi connectivity index (χ1n) is 6.16. The van der Waals surface area contributed by atoms with E-state index in [1.807, 2.05) is 18.2 Å². The molecule has 7 heteroatoms. The second kappa shape index (κ2) is 6.85. The molecule has 0 atom stereocenters. The van der Waals surface area contributed by atoms with Gasteiger partial charge in [0.25, 0.3) is 0 Å². The molecule has 20 heavy (non-hydrogen) atoms. The number of ether oxygens (including phenoxy) is 1. The molecule has 0 aliphatic rings. The molecule has 1 aromatic heterocycles. The molecule has 1 amide bonds. The van der Waals surface area contributed by atoms with Gasteiger partial charge in [0.15, 0.2) is 0 Å². The lowest BCUT2D eigenvalue weighted by molar-refractivity contribution is -0.136. The van der Waals surface area contributed by atoms with E-state index in [1.54, 1.807) is 13.8 Å². The van der Waals surface area contributed by atoms with Crippen LogP contribution in [0, 0.1) is 0 Å². The summed E-state index contributed by atoms with van der Waals surface area (Å²) in [4.78, 5) is 26.1. The smallest absolute Gasteiger partial charge is 0.408 e. The number of amides is 1. The number of carbonyl (C=O) groups excluding carboxylic acids is 1. The average molecular weight is 281 g/mol. The minimum Gasteiger partial charge on any atom is -0.480 e. The topological polar surface area (TPSA) is 115 Å². The Morgan fingerprint density at radius 3 is 2.65 bits per heavy atom. The summed E-state index contributed by atoms with van der Waals surface area (Å²) in [5.41, 5.74) is 6.23. The van der Waals surface area contributed by atoms with Crippen LogP contribution in [0.1, 0.15) is 25.2 Å². The van der Waals surface area contributed by atoms with Crippen LogP contribution in [-0.2, 0) is 22.5 Å². The zero-order valence-corrected chi connectivity index (χ0v) is 11.5. The summed E-state index contributed by atoms with van der Waals surface area (Å²) in [6, 6.07) is 5.47. The van der Waals surface area contributed by atoms with E-state index in [0.717, 1.165) is 11.4 Å². The van der Waals surface area contributed by atoms with Gasteiger partial charge in [-0.3, -0.25) is 9.78 Å². The van der Waals surface area contributed by atoms with Gasteiger partial charge in [0.05, 0.1) is 5.69 Å². The second-order valence-corrected chi connectivity index (χ2v) is 4.90. The molecule has 7 nitrogen and oxygen atoms in total. The number of carboxylic acid groups (broad SMARTS) is 1. The molecule has 0 spiro atoms. The second-order valence-electron chi connectivity index (χ2n) is 4.90. The van der Waals surface area contributed by atoms with Crippen molar-refractivity contribution in [1.29, 1.82) is 0 Å². The van der Waals surface area contributed by atoms with E-state index >= 15 is 0 Å². The number of hydrogen-bond donors (Lipinski definition) is 3. The first-order valence-corrected chi connectivity index (χ1v) is 6.16. The summed E-state index contributed by atoms with van der Waals surface area (Å²) in [6.07, 6.45) is -0.367. The lowest BCUT2D eigenvalue weighted by atomic mass is 10.0. The third kappa shape index (κ3) is 5.66. The van der Waals surface area contributed by atoms with Crippen molar-refractivity contribution in [2.75, 3.05) is 6.54 Å². The Kier molecular flexibility index (Phi) is 5.45. The standard InChI is InChI=1S/C13H19N3O4/c1-13(2,20-12(19)15-8-11(17)18)6-9-4-3-5-10(7-14)16-9/h3-5H,6-8,14H2,1-2H3,(H,15,19)(H,17,18). The zero-order valence-electron chi connectivity index (χ0n) is 11.5. The van der Waals surface area contributed by atoms with Crippen LogP contribution in [0.5, 0.6) is 0 Å². The highest BCUT2D eigenvalue weighted by Gasteiger charge is 2.24. The van der Waals surface area contributed by atoms with E-state index in [-0.39, 0.29) is 0 Å². The van der Waals surface area contributed by atoms with Crippen molar-refractivity contribution >= 4 is 12.1 Å². The van der Waals surface area contributed by atoms with E-state index in [0.29, 0.717) is 13.0 Å². The maximum atomic E-state index is 11.4. The summed E-state index contributed by atoms with van der Waals surface area (Å²) in [5.74, 6) is -1.13. The van der Waals surface area contributed by atoms with Crippen molar-refractivity contribution < 1.29 is 19.4 Å². The fourth-order valence-corrected chi connectivity index (χ4v) is 1.65. The van der Waals surface area contributed by atoms with Gasteiger partial charge in [0.1, 0.15) is 12.1 Å². The number of pyridine rings is 1. The van der Waals surface area contributed by atoms with E-state index < -0.39 is 24.2 Å². The van der Waals surface area contributed by atoms with Crippen molar-refractivity contribution in [3.05, 3.63) is 29.6 Å². The highest BCUT2D eigenvalue weighted by molar-refractivity contribution is 5.76. The zero-order chi connectivity index (χ0) is 15.2. The van der Waals surface area contributed by atoms with Crippen molar-refractivity contribution in [3.8, 4) is 0 Å². The summed E-state index contributed by atoms with van der Waals surface area (Å²) in [5, 5.41) is 10.6. The number of aliphatic carboxylic acids is 1. The molecule has 0 aliphatic carbocycles. The number of alkyl carbamates (subject to hydrolysis) is 1. The maximum Gasteiger partial charge on any atom is 0.408 e. The fourth-order valence-electron chi connectivity index (χ4n) is 1.65. The Morgan fingerprint density at radius 1 is 1.40 bits per heavy atom. The van der Waals surface area contributed by atoms with Gasteiger partial charge in [0.2, 0.25) is 0 Å². The molecule has 110 valence electrons. The average Bonchev–Trinajstić information content (AvgIpc) is 2.35. The fraction of sp³-hybridized carbons (Fsp3) is 0.462. The normalized spacial score (nSPS) is 10.9. The molecule has 1 aromatic rings. The molecule has 0 saturated heterocycles. The van der Waals surface area contributed by atoms with Gasteiger partial charge in [-0.25, -0.2) is 4.79 Å². The third-order valence-corrected chi connectivity index (χ3v) is 2.43. The van der Waals surface area contributed by atoms with Gasteiger partial charge in [-0.2, -0.15) is 0 Å². The maximum absolute atomic E-state index is 11.4. The Labute approximate surface area is 117 Å². The summed E-state index contributed by atoms with van der Waals surface area (Å²) in [7, 11) is 0. The number of nitrogens with one attached hydrogen (secondary N) is 1. The van der Waals surface area contributed by atoms with E-state index in [2.05, 4.69) is 10.3 Å². The van der Waals surface area contributed by atoms with Crippen LogP contribution in [0.4, 0.5) is 4.79 Å². The first kappa shape index (κ1) is 15.9. The predicted molar refractivity (Wildman–Crippen MR) is 72.0 cm³/mol. The van der Waals surface area contributed by atoms with Gasteiger partial charge < -0.3 is 20.9 Å². The van der Waals surface area contributed by atoms with Crippen LogP contribution in [0.3, 0.4) is 0 Å². The predicted octanol–water partition coefficient (Wildman–Crippen LogP) is 0.672. The molecule has 0 aromatic carbocycles. The van der Waals surface area contributed by atoms with E-state index in [4.69, 9.17) is 15.6 Å². The molecule has 0 aliphatic heterocycles. The Hall–Kier alpha value is -2.15. The number of carbonyl (C=O) groups is 2. The van der Waals surface area contributed by atoms with Crippen LogP contribution in [0.25, 0.3) is 0 Å². The van der Waals surface area contributed by atoms with E-state index in [1.165, 1.54) is 0 Å².